The van der Waals surface area contributed by atoms with E-state index in [2.05, 4.69) is 0 Å². The molecule has 1 aromatic heterocycles. The zero-order valence-corrected chi connectivity index (χ0v) is 12.7. The fourth-order valence-corrected chi connectivity index (χ4v) is 5.37. The molecule has 4 nitrogen and oxygen atoms in total. The SMILES string of the molecule is Cc1ccc(S(=O)(=O)N2CCC(N)c3ccccc32)s1. The number of anilines is 1. The van der Waals surface area contributed by atoms with Crippen LogP contribution in [0.4, 0.5) is 5.69 Å². The van der Waals surface area contributed by atoms with Crippen molar-refractivity contribution >= 4 is 27.0 Å². The van der Waals surface area contributed by atoms with Crippen LogP contribution >= 0.6 is 11.3 Å². The highest BCUT2D eigenvalue weighted by molar-refractivity contribution is 7.94. The van der Waals surface area contributed by atoms with Gasteiger partial charge in [-0.1, -0.05) is 18.2 Å². The molecule has 0 fully saturated rings. The van der Waals surface area contributed by atoms with Gasteiger partial charge in [-0.05, 0) is 37.1 Å². The van der Waals surface area contributed by atoms with Crippen LogP contribution in [-0.4, -0.2) is 15.0 Å². The Kier molecular flexibility index (Phi) is 3.32. The Bertz CT molecular complexity index is 737. The second-order valence-corrected chi connectivity index (χ2v) is 8.27. The fraction of sp³-hybridized carbons (Fsp3) is 0.286. The number of thiophene rings is 1. The summed E-state index contributed by atoms with van der Waals surface area (Å²) < 4.78 is 27.4. The van der Waals surface area contributed by atoms with E-state index in [9.17, 15) is 8.42 Å². The summed E-state index contributed by atoms with van der Waals surface area (Å²) in [5.41, 5.74) is 7.68. The largest absolute Gasteiger partial charge is 0.324 e. The van der Waals surface area contributed by atoms with Crippen molar-refractivity contribution in [3.63, 3.8) is 0 Å². The van der Waals surface area contributed by atoms with Crippen LogP contribution in [0, 0.1) is 6.92 Å². The molecular weight excluding hydrogens is 292 g/mol. The van der Waals surface area contributed by atoms with Crippen LogP contribution in [0.2, 0.25) is 0 Å². The van der Waals surface area contributed by atoms with Crippen molar-refractivity contribution in [2.45, 2.75) is 23.6 Å². The summed E-state index contributed by atoms with van der Waals surface area (Å²) in [5, 5.41) is 0. The van der Waals surface area contributed by atoms with E-state index in [0.717, 1.165) is 10.4 Å². The first-order chi connectivity index (χ1) is 9.50. The minimum atomic E-state index is -3.48. The number of hydrogen-bond donors (Lipinski definition) is 1. The Hall–Kier alpha value is -1.37. The van der Waals surface area contributed by atoms with Crippen LogP contribution in [0.1, 0.15) is 22.9 Å². The molecule has 0 bridgehead atoms. The summed E-state index contributed by atoms with van der Waals surface area (Å²) in [5.74, 6) is 0. The molecule has 1 aliphatic heterocycles. The Balaban J connectivity index is 2.10. The quantitative estimate of drug-likeness (QED) is 0.927. The highest BCUT2D eigenvalue weighted by atomic mass is 32.2. The summed E-state index contributed by atoms with van der Waals surface area (Å²) in [4.78, 5) is 0.991. The molecule has 0 aliphatic carbocycles. The van der Waals surface area contributed by atoms with Gasteiger partial charge in [0.05, 0.1) is 5.69 Å². The Morgan fingerprint density at radius 2 is 2.00 bits per heavy atom. The van der Waals surface area contributed by atoms with Gasteiger partial charge in [0.1, 0.15) is 4.21 Å². The average molecular weight is 308 g/mol. The maximum atomic E-state index is 12.8. The zero-order chi connectivity index (χ0) is 14.3. The third-order valence-electron chi connectivity index (χ3n) is 3.51. The van der Waals surface area contributed by atoms with Gasteiger partial charge < -0.3 is 5.73 Å². The molecule has 0 amide bonds. The summed E-state index contributed by atoms with van der Waals surface area (Å²) in [6, 6.07) is 10.9. The van der Waals surface area contributed by atoms with E-state index in [1.165, 1.54) is 15.6 Å². The van der Waals surface area contributed by atoms with E-state index in [1.807, 2.05) is 37.3 Å². The van der Waals surface area contributed by atoms with Crippen LogP contribution in [-0.2, 0) is 10.0 Å². The number of aryl methyl sites for hydroxylation is 1. The van der Waals surface area contributed by atoms with Gasteiger partial charge in [0, 0.05) is 17.5 Å². The van der Waals surface area contributed by atoms with Crippen molar-refractivity contribution in [3.05, 3.63) is 46.8 Å². The maximum Gasteiger partial charge on any atom is 0.273 e. The summed E-state index contributed by atoms with van der Waals surface area (Å²) in [6.45, 7) is 2.33. The molecule has 3 rings (SSSR count). The van der Waals surface area contributed by atoms with E-state index in [0.29, 0.717) is 22.9 Å². The van der Waals surface area contributed by atoms with Crippen molar-refractivity contribution in [1.29, 1.82) is 0 Å². The van der Waals surface area contributed by atoms with Crippen LogP contribution in [0.25, 0.3) is 0 Å². The predicted octanol–water partition coefficient (Wildman–Crippen LogP) is 2.66. The first-order valence-electron chi connectivity index (χ1n) is 6.44. The minimum Gasteiger partial charge on any atom is -0.324 e. The molecule has 2 aromatic rings. The van der Waals surface area contributed by atoms with Crippen LogP contribution in [0.5, 0.6) is 0 Å². The number of rotatable bonds is 2. The lowest BCUT2D eigenvalue weighted by atomic mass is 9.99. The summed E-state index contributed by atoms with van der Waals surface area (Å²) in [7, 11) is -3.48. The number of hydrogen-bond acceptors (Lipinski definition) is 4. The number of nitrogens with two attached hydrogens (primary N) is 1. The molecular formula is C14H16N2O2S2. The molecule has 1 atom stereocenters. The van der Waals surface area contributed by atoms with Crippen LogP contribution in [0.15, 0.2) is 40.6 Å². The molecule has 2 N–H and O–H groups in total. The highest BCUT2D eigenvalue weighted by Gasteiger charge is 2.32. The lowest BCUT2D eigenvalue weighted by molar-refractivity contribution is 0.576. The van der Waals surface area contributed by atoms with Crippen molar-refractivity contribution in [1.82, 2.24) is 0 Å². The molecule has 20 heavy (non-hydrogen) atoms. The molecule has 0 spiro atoms. The average Bonchev–Trinajstić information content (AvgIpc) is 2.87. The molecule has 0 radical (unpaired) electrons. The molecule has 1 aromatic carbocycles. The van der Waals surface area contributed by atoms with Crippen LogP contribution in [0.3, 0.4) is 0 Å². The van der Waals surface area contributed by atoms with Crippen molar-refractivity contribution in [2.24, 2.45) is 5.73 Å². The standard InChI is InChI=1S/C14H16N2O2S2/c1-10-6-7-14(19-10)20(17,18)16-9-8-12(15)11-4-2-3-5-13(11)16/h2-7,12H,8-9,15H2,1H3. The monoisotopic (exact) mass is 308 g/mol. The molecule has 1 aliphatic rings. The van der Waals surface area contributed by atoms with Crippen LogP contribution < -0.4 is 10.0 Å². The van der Waals surface area contributed by atoms with Gasteiger partial charge in [-0.25, -0.2) is 8.42 Å². The number of nitrogens with zero attached hydrogens (tertiary/aromatic N) is 1. The number of para-hydroxylation sites is 1. The van der Waals surface area contributed by atoms with Gasteiger partial charge in [-0.15, -0.1) is 11.3 Å². The molecule has 2 heterocycles. The Labute approximate surface area is 122 Å². The minimum absolute atomic E-state index is 0.0947. The topological polar surface area (TPSA) is 63.4 Å². The van der Waals surface area contributed by atoms with Gasteiger partial charge in [0.15, 0.2) is 0 Å². The molecule has 1 unspecified atom stereocenters. The summed E-state index contributed by atoms with van der Waals surface area (Å²) >= 11 is 1.30. The second-order valence-electron chi connectivity index (χ2n) is 4.90. The molecule has 0 saturated carbocycles. The normalized spacial score (nSPS) is 18.9. The third-order valence-corrected chi connectivity index (χ3v) is 6.79. The van der Waals surface area contributed by atoms with Crippen molar-refractivity contribution in [2.75, 3.05) is 10.8 Å². The predicted molar refractivity (Wildman–Crippen MR) is 81.6 cm³/mol. The van der Waals surface area contributed by atoms with Crippen molar-refractivity contribution in [3.8, 4) is 0 Å². The smallest absolute Gasteiger partial charge is 0.273 e. The fourth-order valence-electron chi connectivity index (χ4n) is 2.47. The molecule has 6 heteroatoms. The molecule has 106 valence electrons. The van der Waals surface area contributed by atoms with Gasteiger partial charge in [0.2, 0.25) is 0 Å². The van der Waals surface area contributed by atoms with E-state index in [1.54, 1.807) is 6.07 Å². The first-order valence-corrected chi connectivity index (χ1v) is 8.69. The van der Waals surface area contributed by atoms with Gasteiger partial charge in [-0.2, -0.15) is 0 Å². The lowest BCUT2D eigenvalue weighted by Crippen LogP contribution is -2.37. The summed E-state index contributed by atoms with van der Waals surface area (Å²) in [6.07, 6.45) is 0.639. The number of sulfonamides is 1. The highest BCUT2D eigenvalue weighted by Crippen LogP contribution is 2.37. The number of fused-ring (bicyclic) bond motifs is 1. The van der Waals surface area contributed by atoms with E-state index in [-0.39, 0.29) is 6.04 Å². The van der Waals surface area contributed by atoms with Gasteiger partial charge >= 0.3 is 0 Å². The Morgan fingerprint density at radius 1 is 1.25 bits per heavy atom. The van der Waals surface area contributed by atoms with Gasteiger partial charge in [-0.3, -0.25) is 4.31 Å². The van der Waals surface area contributed by atoms with E-state index >= 15 is 0 Å². The van der Waals surface area contributed by atoms with E-state index < -0.39 is 10.0 Å². The second kappa shape index (κ2) is 4.87. The van der Waals surface area contributed by atoms with Crippen molar-refractivity contribution < 1.29 is 8.42 Å². The third kappa shape index (κ3) is 2.13. The van der Waals surface area contributed by atoms with Gasteiger partial charge in [0.25, 0.3) is 10.0 Å². The zero-order valence-electron chi connectivity index (χ0n) is 11.1. The maximum absolute atomic E-state index is 12.8. The molecule has 0 saturated heterocycles. The lowest BCUT2D eigenvalue weighted by Gasteiger charge is -2.33. The Morgan fingerprint density at radius 3 is 2.70 bits per heavy atom. The first kappa shape index (κ1) is 13.6. The number of benzene rings is 1. The van der Waals surface area contributed by atoms with E-state index in [4.69, 9.17) is 5.73 Å².